The Labute approximate surface area is 184 Å². The van der Waals surface area contributed by atoms with Gasteiger partial charge in [0.1, 0.15) is 6.61 Å². The summed E-state index contributed by atoms with van der Waals surface area (Å²) in [4.78, 5) is 35.9. The number of amides is 2. The highest BCUT2D eigenvalue weighted by Gasteiger charge is 2.09. The first-order valence-corrected chi connectivity index (χ1v) is 12.1. The van der Waals surface area contributed by atoms with Crippen molar-refractivity contribution in [3.8, 4) is 0 Å². The van der Waals surface area contributed by atoms with Crippen molar-refractivity contribution in [3.63, 3.8) is 0 Å². The Kier molecular flexibility index (Phi) is 19.6. The molecule has 0 fully saturated rings. The number of carbonyl (C=O) groups excluding carboxylic acids is 3. The fraction of sp³-hybridized carbons (Fsp3) is 0.875. The maximum atomic E-state index is 11.9. The van der Waals surface area contributed by atoms with Crippen molar-refractivity contribution in [2.45, 2.75) is 111 Å². The van der Waals surface area contributed by atoms with Crippen molar-refractivity contribution in [2.24, 2.45) is 0 Å². The first-order chi connectivity index (χ1) is 14.5. The summed E-state index contributed by atoms with van der Waals surface area (Å²) >= 11 is 0. The Bertz CT molecular complexity index is 454. The smallest absolute Gasteiger partial charge is 0.302 e. The van der Waals surface area contributed by atoms with Gasteiger partial charge in [-0.05, 0) is 6.42 Å². The molecule has 2 amide bonds. The van der Waals surface area contributed by atoms with Gasteiger partial charge < -0.3 is 15.0 Å². The Morgan fingerprint density at radius 3 is 1.70 bits per heavy atom. The molecule has 0 saturated heterocycles. The number of hydrogen-bond donors (Lipinski definition) is 1. The molecular formula is C24H46N2O4. The number of rotatable bonds is 20. The normalized spacial score (nSPS) is 10.6. The molecule has 0 aromatic carbocycles. The maximum absolute atomic E-state index is 11.9. The Balaban J connectivity index is 3.50. The third-order valence-corrected chi connectivity index (χ3v) is 5.32. The highest BCUT2D eigenvalue weighted by atomic mass is 16.5. The van der Waals surface area contributed by atoms with Gasteiger partial charge in [-0.2, -0.15) is 0 Å². The number of nitrogens with one attached hydrogen (secondary N) is 1. The van der Waals surface area contributed by atoms with Gasteiger partial charge in [-0.3, -0.25) is 14.4 Å². The van der Waals surface area contributed by atoms with Crippen molar-refractivity contribution in [2.75, 3.05) is 26.2 Å². The van der Waals surface area contributed by atoms with Crippen LogP contribution in [0.2, 0.25) is 0 Å². The van der Waals surface area contributed by atoms with Crippen LogP contribution in [0, 0.1) is 0 Å². The second kappa shape index (κ2) is 20.7. The molecule has 6 heteroatoms. The van der Waals surface area contributed by atoms with Crippen LogP contribution in [0.25, 0.3) is 0 Å². The van der Waals surface area contributed by atoms with Crippen LogP contribution in [-0.2, 0) is 19.1 Å². The van der Waals surface area contributed by atoms with Crippen LogP contribution < -0.4 is 5.32 Å². The second-order valence-corrected chi connectivity index (χ2v) is 8.19. The van der Waals surface area contributed by atoms with E-state index in [1.165, 1.54) is 84.5 Å². The third kappa shape index (κ3) is 19.7. The summed E-state index contributed by atoms with van der Waals surface area (Å²) in [5, 5.41) is 2.87. The molecule has 176 valence electrons. The van der Waals surface area contributed by atoms with Crippen molar-refractivity contribution < 1.29 is 19.1 Å². The molecule has 0 spiro atoms. The largest absolute Gasteiger partial charge is 0.464 e. The molecule has 0 atom stereocenters. The quantitative estimate of drug-likeness (QED) is 0.220. The fourth-order valence-electron chi connectivity index (χ4n) is 3.45. The lowest BCUT2D eigenvalue weighted by Crippen LogP contribution is -2.39. The Morgan fingerprint density at radius 1 is 0.733 bits per heavy atom. The number of nitrogens with zero attached hydrogens (tertiary/aromatic N) is 1. The van der Waals surface area contributed by atoms with Crippen molar-refractivity contribution in [1.82, 2.24) is 10.2 Å². The van der Waals surface area contributed by atoms with Crippen LogP contribution in [-0.4, -0.2) is 48.9 Å². The molecule has 0 aromatic rings. The molecule has 30 heavy (non-hydrogen) atoms. The van der Waals surface area contributed by atoms with Crippen LogP contribution >= 0.6 is 0 Å². The van der Waals surface area contributed by atoms with Gasteiger partial charge in [0.25, 0.3) is 0 Å². The molecule has 6 nitrogen and oxygen atoms in total. The van der Waals surface area contributed by atoms with E-state index in [0.29, 0.717) is 26.1 Å². The molecule has 0 aliphatic rings. The molecule has 0 bridgehead atoms. The molecule has 0 aromatic heterocycles. The highest BCUT2D eigenvalue weighted by molar-refractivity contribution is 5.76. The Hall–Kier alpha value is -1.59. The zero-order chi connectivity index (χ0) is 22.5. The van der Waals surface area contributed by atoms with E-state index in [2.05, 4.69) is 12.2 Å². The van der Waals surface area contributed by atoms with E-state index in [9.17, 15) is 14.4 Å². The van der Waals surface area contributed by atoms with E-state index in [-0.39, 0.29) is 24.4 Å². The number of ether oxygens (including phenoxy) is 1. The molecule has 0 aliphatic heterocycles. The van der Waals surface area contributed by atoms with E-state index in [1.807, 2.05) is 0 Å². The maximum Gasteiger partial charge on any atom is 0.302 e. The van der Waals surface area contributed by atoms with E-state index < -0.39 is 0 Å². The molecular weight excluding hydrogens is 380 g/mol. The van der Waals surface area contributed by atoms with Crippen LogP contribution in [0.5, 0.6) is 0 Å². The zero-order valence-corrected chi connectivity index (χ0v) is 19.8. The van der Waals surface area contributed by atoms with E-state index in [1.54, 1.807) is 4.90 Å². The summed E-state index contributed by atoms with van der Waals surface area (Å²) in [6.45, 7) is 6.47. The average Bonchev–Trinajstić information content (AvgIpc) is 2.70. The average molecular weight is 427 g/mol. The first-order valence-electron chi connectivity index (χ1n) is 12.1. The van der Waals surface area contributed by atoms with Crippen LogP contribution in [0.15, 0.2) is 0 Å². The van der Waals surface area contributed by atoms with Gasteiger partial charge in [0, 0.05) is 33.4 Å². The topological polar surface area (TPSA) is 75.7 Å². The summed E-state index contributed by atoms with van der Waals surface area (Å²) in [5.74, 6) is -0.404. The van der Waals surface area contributed by atoms with Crippen LogP contribution in [0.1, 0.15) is 111 Å². The minimum atomic E-state index is -0.357. The number of hydrogen-bond acceptors (Lipinski definition) is 4. The van der Waals surface area contributed by atoms with E-state index in [0.717, 1.165) is 12.8 Å². The van der Waals surface area contributed by atoms with Gasteiger partial charge in [-0.15, -0.1) is 0 Å². The lowest BCUT2D eigenvalue weighted by atomic mass is 10.0. The van der Waals surface area contributed by atoms with Crippen LogP contribution in [0.3, 0.4) is 0 Å². The number of carbonyl (C=O) groups is 3. The van der Waals surface area contributed by atoms with Gasteiger partial charge in [0.05, 0.1) is 6.54 Å². The van der Waals surface area contributed by atoms with Gasteiger partial charge in [-0.1, -0.05) is 84.0 Å². The van der Waals surface area contributed by atoms with Gasteiger partial charge in [-0.25, -0.2) is 0 Å². The second-order valence-electron chi connectivity index (χ2n) is 8.19. The van der Waals surface area contributed by atoms with Crippen LogP contribution in [0.4, 0.5) is 0 Å². The summed E-state index contributed by atoms with van der Waals surface area (Å²) in [7, 11) is 0. The molecule has 0 unspecified atom stereocenters. The molecule has 0 rings (SSSR count). The predicted octanol–water partition coefficient (Wildman–Crippen LogP) is 5.00. The third-order valence-electron chi connectivity index (χ3n) is 5.32. The lowest BCUT2D eigenvalue weighted by Gasteiger charge is -2.20. The molecule has 1 N–H and O–H groups in total. The summed E-state index contributed by atoms with van der Waals surface area (Å²) in [6.07, 6.45) is 17.4. The Morgan fingerprint density at radius 2 is 1.23 bits per heavy atom. The van der Waals surface area contributed by atoms with E-state index >= 15 is 0 Å². The minimum absolute atomic E-state index is 0.0431. The lowest BCUT2D eigenvalue weighted by molar-refractivity contribution is -0.143. The monoisotopic (exact) mass is 426 g/mol. The first kappa shape index (κ1) is 28.4. The highest BCUT2D eigenvalue weighted by Crippen LogP contribution is 2.12. The predicted molar refractivity (Wildman–Crippen MR) is 122 cm³/mol. The van der Waals surface area contributed by atoms with Gasteiger partial charge in [0.15, 0.2) is 0 Å². The SMILES string of the molecule is CCCCCCCCCCCCCCCC(=O)NCCN(CCOC(C)=O)C(C)=O. The summed E-state index contributed by atoms with van der Waals surface area (Å²) in [6, 6.07) is 0. The van der Waals surface area contributed by atoms with Crippen molar-refractivity contribution in [1.29, 1.82) is 0 Å². The fourth-order valence-corrected chi connectivity index (χ4v) is 3.45. The molecule has 0 aliphatic carbocycles. The number of esters is 1. The molecule has 0 radical (unpaired) electrons. The summed E-state index contributed by atoms with van der Waals surface area (Å²) < 4.78 is 4.86. The van der Waals surface area contributed by atoms with Gasteiger partial charge in [0.2, 0.25) is 11.8 Å². The van der Waals surface area contributed by atoms with Gasteiger partial charge >= 0.3 is 5.97 Å². The van der Waals surface area contributed by atoms with Crippen molar-refractivity contribution in [3.05, 3.63) is 0 Å². The molecule has 0 heterocycles. The molecule has 0 saturated carbocycles. The van der Waals surface area contributed by atoms with Crippen molar-refractivity contribution >= 4 is 17.8 Å². The zero-order valence-electron chi connectivity index (χ0n) is 19.8. The minimum Gasteiger partial charge on any atom is -0.464 e. The standard InChI is InChI=1S/C24H46N2O4/c1-4-5-6-7-8-9-10-11-12-13-14-15-16-17-24(29)25-18-19-26(22(2)27)20-21-30-23(3)28/h4-21H2,1-3H3,(H,25,29). The number of unbranched alkanes of at least 4 members (excludes halogenated alkanes) is 12. The van der Waals surface area contributed by atoms with E-state index in [4.69, 9.17) is 4.74 Å². The summed E-state index contributed by atoms with van der Waals surface area (Å²) in [5.41, 5.74) is 0.